The third kappa shape index (κ3) is 4.47. The Morgan fingerprint density at radius 3 is 1.23 bits per heavy atom. The van der Waals surface area contributed by atoms with Gasteiger partial charge in [-0.2, -0.15) is 0 Å². The summed E-state index contributed by atoms with van der Waals surface area (Å²) in [5.41, 5.74) is 2.72. The fourth-order valence-electron chi connectivity index (χ4n) is 4.55. The quantitative estimate of drug-likeness (QED) is 0.723. The van der Waals surface area contributed by atoms with Crippen LogP contribution in [0.5, 0.6) is 0 Å². The summed E-state index contributed by atoms with van der Waals surface area (Å²) in [7, 11) is 9.70. The molecule has 2 aromatic carbocycles. The molecule has 2 N–H and O–H groups in total. The number of hydrogen-bond acceptors (Lipinski definition) is 2. The van der Waals surface area contributed by atoms with Crippen LogP contribution in [-0.4, -0.2) is 43.5 Å². The molecule has 0 amide bonds. The minimum Gasteiger partial charge on any atom is -0.309 e. The van der Waals surface area contributed by atoms with Crippen LogP contribution < -0.4 is 10.6 Å². The van der Waals surface area contributed by atoms with Gasteiger partial charge in [-0.3, -0.25) is 0 Å². The third-order valence-corrected chi connectivity index (χ3v) is 6.78. The van der Waals surface area contributed by atoms with Crippen LogP contribution in [0, 0.1) is 0 Å². The summed E-state index contributed by atoms with van der Waals surface area (Å²) in [4.78, 5) is 0. The molecule has 0 aromatic heterocycles. The van der Waals surface area contributed by atoms with Gasteiger partial charge in [0.25, 0.3) is 0 Å². The summed E-state index contributed by atoms with van der Waals surface area (Å²) in [6.07, 6.45) is 0. The van der Waals surface area contributed by atoms with Gasteiger partial charge in [0.15, 0.2) is 0 Å². The highest BCUT2D eigenvalue weighted by Crippen LogP contribution is 2.47. The van der Waals surface area contributed by atoms with E-state index in [1.165, 1.54) is 11.1 Å². The number of nitrogens with one attached hydrogen (secondary N) is 2. The van der Waals surface area contributed by atoms with Crippen molar-refractivity contribution < 1.29 is 0 Å². The molecule has 0 spiro atoms. The van der Waals surface area contributed by atoms with Gasteiger partial charge in [-0.05, 0) is 11.1 Å². The number of hydrogen-bond donors (Lipinski definition) is 2. The molecule has 132 valence electrons. The molecule has 26 heavy (non-hydrogen) atoms. The Morgan fingerprint density at radius 2 is 0.885 bits per heavy atom. The average molecular weight is 342 g/mol. The molecule has 6 atom stereocenters. The Bertz CT molecular complexity index is 611. The van der Waals surface area contributed by atoms with Crippen molar-refractivity contribution in [1.82, 2.24) is 10.6 Å². The summed E-state index contributed by atoms with van der Waals surface area (Å²) < 4.78 is 0. The highest BCUT2D eigenvalue weighted by atomic mass is 15.0. The highest BCUT2D eigenvalue weighted by Gasteiger charge is 2.42. The van der Waals surface area contributed by atoms with E-state index in [0.717, 1.165) is 24.7 Å². The van der Waals surface area contributed by atoms with E-state index in [-0.39, 0.29) is 0 Å². The largest absolute Gasteiger partial charge is 0.309 e. The first-order chi connectivity index (χ1) is 12.6. The molecule has 1 saturated carbocycles. The van der Waals surface area contributed by atoms with Crippen molar-refractivity contribution in [3.05, 3.63) is 71.8 Å². The normalized spacial score (nSPS) is 31.5. The maximum absolute atomic E-state index is 3.89. The zero-order chi connectivity index (χ0) is 18.5. The number of rotatable bonds is 6. The van der Waals surface area contributed by atoms with Crippen molar-refractivity contribution in [3.63, 3.8) is 0 Å². The fraction of sp³-hybridized carbons (Fsp3) is 0.400. The molecule has 1 aliphatic carbocycles. The van der Waals surface area contributed by atoms with Crippen LogP contribution >= 0.6 is 0 Å². The lowest BCUT2D eigenvalue weighted by atomic mass is 9.42. The zero-order valence-electron chi connectivity index (χ0n) is 16.7. The van der Waals surface area contributed by atoms with E-state index in [2.05, 4.69) is 103 Å². The molecule has 0 radical (unpaired) electrons. The molecule has 2 aromatic rings. The van der Waals surface area contributed by atoms with Crippen molar-refractivity contribution in [2.45, 2.75) is 48.4 Å². The van der Waals surface area contributed by atoms with Crippen molar-refractivity contribution >= 4 is 31.4 Å². The molecule has 1 aliphatic rings. The van der Waals surface area contributed by atoms with Crippen LogP contribution in [-0.2, 0) is 13.1 Å². The molecule has 0 bridgehead atoms. The van der Waals surface area contributed by atoms with Crippen LogP contribution in [0.4, 0.5) is 0 Å². The van der Waals surface area contributed by atoms with Gasteiger partial charge in [0.2, 0.25) is 0 Å². The van der Waals surface area contributed by atoms with Gasteiger partial charge in [0.05, 0.1) is 0 Å². The van der Waals surface area contributed by atoms with E-state index in [1.807, 2.05) is 0 Å². The van der Waals surface area contributed by atoms with Crippen molar-refractivity contribution in [2.24, 2.45) is 0 Å². The van der Waals surface area contributed by atoms with Crippen LogP contribution in [0.15, 0.2) is 60.7 Å². The van der Waals surface area contributed by atoms with Crippen molar-refractivity contribution in [2.75, 3.05) is 0 Å². The molecule has 0 aliphatic heterocycles. The first kappa shape index (κ1) is 19.4. The summed E-state index contributed by atoms with van der Waals surface area (Å²) in [5.74, 6) is 2.76. The van der Waals surface area contributed by atoms with Gasteiger partial charge in [-0.1, -0.05) is 83.9 Å². The SMILES string of the molecule is BC1C(B)C(B)C(NCc2ccccc2)C(NCc2ccccc2)C1B. The van der Waals surface area contributed by atoms with Gasteiger partial charge in [-0.25, -0.2) is 0 Å². The Balaban J connectivity index is 1.72. The first-order valence-corrected chi connectivity index (χ1v) is 10.1. The summed E-state index contributed by atoms with van der Waals surface area (Å²) in [6, 6.07) is 22.5. The van der Waals surface area contributed by atoms with Crippen LogP contribution in [0.25, 0.3) is 0 Å². The third-order valence-electron chi connectivity index (χ3n) is 6.78. The minimum absolute atomic E-state index is 0.486. The maximum Gasteiger partial charge on any atom is 0.106 e. The smallest absolute Gasteiger partial charge is 0.106 e. The second-order valence-electron chi connectivity index (χ2n) is 8.22. The van der Waals surface area contributed by atoms with Gasteiger partial charge in [0.1, 0.15) is 31.4 Å². The van der Waals surface area contributed by atoms with E-state index in [0.29, 0.717) is 23.7 Å². The van der Waals surface area contributed by atoms with E-state index in [1.54, 1.807) is 0 Å². The van der Waals surface area contributed by atoms with E-state index in [4.69, 9.17) is 0 Å². The van der Waals surface area contributed by atoms with E-state index >= 15 is 0 Å². The molecule has 2 nitrogen and oxygen atoms in total. The predicted molar refractivity (Wildman–Crippen MR) is 123 cm³/mol. The zero-order valence-corrected chi connectivity index (χ0v) is 16.7. The second-order valence-corrected chi connectivity index (χ2v) is 8.22. The molecule has 1 fully saturated rings. The lowest BCUT2D eigenvalue weighted by molar-refractivity contribution is 0.283. The standard InChI is InChI=1S/C20H30B4N2/c21-15-16(22)18(24)20(26-12-14-9-5-2-6-10-14)19(17(15)23)25-11-13-7-3-1-4-8-13/h1-10,15-20,25-26H,11-12,21-24H2. The second kappa shape index (κ2) is 9.01. The molecule has 3 rings (SSSR count). The van der Waals surface area contributed by atoms with E-state index in [9.17, 15) is 0 Å². The monoisotopic (exact) mass is 342 g/mol. The molecule has 0 saturated heterocycles. The van der Waals surface area contributed by atoms with Crippen molar-refractivity contribution in [3.8, 4) is 0 Å². The Kier molecular flexibility index (Phi) is 6.72. The summed E-state index contributed by atoms with van der Waals surface area (Å²) >= 11 is 0. The molecule has 6 unspecified atom stereocenters. The summed E-state index contributed by atoms with van der Waals surface area (Å²) in [5, 5.41) is 7.79. The summed E-state index contributed by atoms with van der Waals surface area (Å²) in [6.45, 7) is 1.88. The van der Waals surface area contributed by atoms with Crippen LogP contribution in [0.1, 0.15) is 11.1 Å². The lowest BCUT2D eigenvalue weighted by Gasteiger charge is -2.50. The Labute approximate surface area is 162 Å². The maximum atomic E-state index is 3.89. The van der Waals surface area contributed by atoms with E-state index < -0.39 is 0 Å². The molecule has 6 heteroatoms. The van der Waals surface area contributed by atoms with Gasteiger partial charge >= 0.3 is 0 Å². The fourth-order valence-corrected chi connectivity index (χ4v) is 4.55. The predicted octanol–water partition coefficient (Wildman–Crippen LogP) is 0.00320. The average Bonchev–Trinajstić information content (AvgIpc) is 2.69. The molecular weight excluding hydrogens is 311 g/mol. The van der Waals surface area contributed by atoms with Crippen molar-refractivity contribution in [1.29, 1.82) is 0 Å². The topological polar surface area (TPSA) is 24.1 Å². The van der Waals surface area contributed by atoms with Crippen LogP contribution in [0.3, 0.4) is 0 Å². The highest BCUT2D eigenvalue weighted by molar-refractivity contribution is 6.30. The van der Waals surface area contributed by atoms with Gasteiger partial charge in [0, 0.05) is 25.2 Å². The minimum atomic E-state index is 0.486. The molecular formula is C20H30B4N2. The van der Waals surface area contributed by atoms with Gasteiger partial charge < -0.3 is 10.6 Å². The lowest BCUT2D eigenvalue weighted by Crippen LogP contribution is -2.57. The first-order valence-electron chi connectivity index (χ1n) is 10.1. The Hall–Kier alpha value is -1.38. The van der Waals surface area contributed by atoms with Crippen LogP contribution in [0.2, 0.25) is 23.3 Å². The number of benzene rings is 2. The molecule has 0 heterocycles. The van der Waals surface area contributed by atoms with Gasteiger partial charge in [-0.15, -0.1) is 0 Å². The Morgan fingerprint density at radius 1 is 0.538 bits per heavy atom.